The van der Waals surface area contributed by atoms with Gasteiger partial charge >= 0.3 is 0 Å². The third kappa shape index (κ3) is 1.94. The van der Waals surface area contributed by atoms with Crippen LogP contribution in [0.1, 0.15) is 31.0 Å². The number of hydrogen-bond acceptors (Lipinski definition) is 3. The zero-order valence-electron chi connectivity index (χ0n) is 9.24. The minimum atomic E-state index is -2.62. The van der Waals surface area contributed by atoms with Gasteiger partial charge in [-0.1, -0.05) is 0 Å². The number of aromatic nitrogens is 2. The van der Waals surface area contributed by atoms with Crippen LogP contribution in [0.25, 0.3) is 0 Å². The molecule has 1 saturated heterocycles. The fourth-order valence-electron chi connectivity index (χ4n) is 1.81. The second kappa shape index (κ2) is 4.10. The predicted octanol–water partition coefficient (Wildman–Crippen LogP) is 1.97. The molecule has 0 aromatic carbocycles. The van der Waals surface area contributed by atoms with Crippen molar-refractivity contribution in [2.24, 2.45) is 7.05 Å². The molecule has 6 heteroatoms. The Labute approximate surface area is 92.1 Å². The van der Waals surface area contributed by atoms with Gasteiger partial charge in [0.05, 0.1) is 18.8 Å². The Balaban J connectivity index is 2.37. The van der Waals surface area contributed by atoms with Crippen LogP contribution >= 0.6 is 0 Å². The molecule has 4 nitrogen and oxygen atoms in total. The molecule has 1 aliphatic heterocycles. The van der Waals surface area contributed by atoms with Crippen LogP contribution in [-0.2, 0) is 22.3 Å². The lowest BCUT2D eigenvalue weighted by Gasteiger charge is -2.33. The minimum absolute atomic E-state index is 0.271. The normalized spacial score (nSPS) is 20.3. The topological polar surface area (TPSA) is 36.3 Å². The highest BCUT2D eigenvalue weighted by Gasteiger charge is 2.37. The summed E-state index contributed by atoms with van der Waals surface area (Å²) in [4.78, 5) is 0. The first-order valence-electron chi connectivity index (χ1n) is 5.13. The number of aryl methyl sites for hydroxylation is 1. The molecule has 0 N–H and O–H groups in total. The van der Waals surface area contributed by atoms with E-state index in [9.17, 15) is 8.78 Å². The number of rotatable bonds is 2. The molecule has 0 atom stereocenters. The number of alkyl halides is 2. The van der Waals surface area contributed by atoms with Gasteiger partial charge < -0.3 is 9.47 Å². The van der Waals surface area contributed by atoms with E-state index in [-0.39, 0.29) is 5.69 Å². The Morgan fingerprint density at radius 1 is 1.44 bits per heavy atom. The summed E-state index contributed by atoms with van der Waals surface area (Å²) in [5, 5.41) is 3.74. The Kier molecular flexibility index (Phi) is 2.94. The quantitative estimate of drug-likeness (QED) is 0.782. The summed E-state index contributed by atoms with van der Waals surface area (Å²) < 4.78 is 37.8. The van der Waals surface area contributed by atoms with Crippen molar-refractivity contribution in [2.45, 2.75) is 25.6 Å². The summed E-state index contributed by atoms with van der Waals surface area (Å²) >= 11 is 0. The maximum Gasteiger partial charge on any atom is 0.282 e. The van der Waals surface area contributed by atoms with E-state index in [0.717, 1.165) is 6.42 Å². The van der Waals surface area contributed by atoms with Gasteiger partial charge in [-0.15, -0.1) is 0 Å². The zero-order chi connectivity index (χ0) is 11.8. The Hall–Kier alpha value is -1.01. The first-order chi connectivity index (χ1) is 7.53. The molecule has 0 amide bonds. The van der Waals surface area contributed by atoms with Crippen molar-refractivity contribution in [1.82, 2.24) is 9.78 Å². The molecule has 0 saturated carbocycles. The van der Waals surface area contributed by atoms with Crippen molar-refractivity contribution in [2.75, 3.05) is 13.2 Å². The van der Waals surface area contributed by atoms with Gasteiger partial charge in [0.15, 0.2) is 5.79 Å². The smallest absolute Gasteiger partial charge is 0.282 e. The number of halogens is 2. The fourth-order valence-corrected chi connectivity index (χ4v) is 1.81. The first-order valence-corrected chi connectivity index (χ1v) is 5.13. The number of hydrogen-bond donors (Lipinski definition) is 0. The van der Waals surface area contributed by atoms with Crippen LogP contribution in [0.2, 0.25) is 0 Å². The third-order valence-corrected chi connectivity index (χ3v) is 2.60. The van der Waals surface area contributed by atoms with Crippen LogP contribution in [0, 0.1) is 0 Å². The van der Waals surface area contributed by atoms with Gasteiger partial charge in [0.2, 0.25) is 0 Å². The summed E-state index contributed by atoms with van der Waals surface area (Å²) in [6.45, 7) is 2.66. The van der Waals surface area contributed by atoms with E-state index in [4.69, 9.17) is 9.47 Å². The molecule has 0 unspecified atom stereocenters. The van der Waals surface area contributed by atoms with E-state index in [1.807, 2.05) is 0 Å². The summed E-state index contributed by atoms with van der Waals surface area (Å²) in [5.74, 6) is -1.10. The van der Waals surface area contributed by atoms with Crippen molar-refractivity contribution in [1.29, 1.82) is 0 Å². The second-order valence-corrected chi connectivity index (χ2v) is 3.90. The van der Waals surface area contributed by atoms with E-state index in [1.54, 1.807) is 14.0 Å². The average molecular weight is 232 g/mol. The minimum Gasteiger partial charge on any atom is -0.346 e. The molecule has 1 fully saturated rings. The van der Waals surface area contributed by atoms with Crippen LogP contribution in [0.3, 0.4) is 0 Å². The molecule has 1 aromatic heterocycles. The number of nitrogens with zero attached hydrogens (tertiary/aromatic N) is 2. The highest BCUT2D eigenvalue weighted by molar-refractivity contribution is 5.23. The van der Waals surface area contributed by atoms with Gasteiger partial charge in [-0.3, -0.25) is 4.68 Å². The lowest BCUT2D eigenvalue weighted by Crippen LogP contribution is -2.35. The van der Waals surface area contributed by atoms with E-state index in [1.165, 1.54) is 10.9 Å². The molecule has 2 rings (SSSR count). The molecule has 90 valence electrons. The van der Waals surface area contributed by atoms with Crippen molar-refractivity contribution in [3.63, 3.8) is 0 Å². The fraction of sp³-hybridized carbons (Fsp3) is 0.700. The first kappa shape index (κ1) is 11.5. The largest absolute Gasteiger partial charge is 0.346 e. The van der Waals surface area contributed by atoms with Gasteiger partial charge in [-0.05, 0) is 13.3 Å². The molecule has 0 aliphatic carbocycles. The Bertz CT molecular complexity index is 373. The van der Waals surface area contributed by atoms with Gasteiger partial charge in [0.1, 0.15) is 5.69 Å². The molecule has 0 radical (unpaired) electrons. The van der Waals surface area contributed by atoms with Crippen LogP contribution in [-0.4, -0.2) is 23.0 Å². The molecule has 0 spiro atoms. The van der Waals surface area contributed by atoms with Gasteiger partial charge in [0.25, 0.3) is 6.43 Å². The molecular formula is C10H14F2N2O2. The summed E-state index contributed by atoms with van der Waals surface area (Å²) in [5.41, 5.74) is 0.0385. The van der Waals surface area contributed by atoms with Gasteiger partial charge in [-0.2, -0.15) is 5.10 Å². The van der Waals surface area contributed by atoms with Gasteiger partial charge in [0, 0.05) is 13.2 Å². The second-order valence-electron chi connectivity index (χ2n) is 3.90. The lowest BCUT2D eigenvalue weighted by atomic mass is 10.1. The van der Waals surface area contributed by atoms with E-state index in [2.05, 4.69) is 5.10 Å². The van der Waals surface area contributed by atoms with Gasteiger partial charge in [-0.25, -0.2) is 8.78 Å². The Morgan fingerprint density at radius 3 is 2.62 bits per heavy atom. The van der Waals surface area contributed by atoms with Crippen LogP contribution in [0.4, 0.5) is 8.78 Å². The van der Waals surface area contributed by atoms with Crippen LogP contribution < -0.4 is 0 Å². The lowest BCUT2D eigenvalue weighted by molar-refractivity contribution is -0.265. The SMILES string of the molecule is Cn1cc(C2(C)OCCCO2)c(C(F)F)n1. The standard InChI is InChI=1S/C10H14F2N2O2/c1-10(15-4-3-5-16-10)7-6-14(2)13-8(7)9(11)12/h6,9H,3-5H2,1-2H3. The molecule has 2 heterocycles. The van der Waals surface area contributed by atoms with Crippen molar-refractivity contribution in [3.05, 3.63) is 17.5 Å². The average Bonchev–Trinajstić information content (AvgIpc) is 2.62. The number of ether oxygens (including phenoxy) is 2. The van der Waals surface area contributed by atoms with Crippen molar-refractivity contribution in [3.8, 4) is 0 Å². The monoisotopic (exact) mass is 232 g/mol. The highest BCUT2D eigenvalue weighted by Crippen LogP contribution is 2.35. The third-order valence-electron chi connectivity index (χ3n) is 2.60. The van der Waals surface area contributed by atoms with E-state index < -0.39 is 12.2 Å². The Morgan fingerprint density at radius 2 is 2.06 bits per heavy atom. The maximum absolute atomic E-state index is 12.8. The van der Waals surface area contributed by atoms with Crippen molar-refractivity contribution < 1.29 is 18.3 Å². The summed E-state index contributed by atoms with van der Waals surface area (Å²) in [6, 6.07) is 0. The van der Waals surface area contributed by atoms with E-state index >= 15 is 0 Å². The molecule has 1 aromatic rings. The summed E-state index contributed by atoms with van der Waals surface area (Å²) in [7, 11) is 1.60. The van der Waals surface area contributed by atoms with Crippen LogP contribution in [0.5, 0.6) is 0 Å². The summed E-state index contributed by atoms with van der Waals surface area (Å²) in [6.07, 6.45) is -0.325. The molecular weight excluding hydrogens is 218 g/mol. The highest BCUT2D eigenvalue weighted by atomic mass is 19.3. The molecule has 0 bridgehead atoms. The molecule has 16 heavy (non-hydrogen) atoms. The maximum atomic E-state index is 12.8. The van der Waals surface area contributed by atoms with Crippen molar-refractivity contribution >= 4 is 0 Å². The van der Waals surface area contributed by atoms with E-state index in [0.29, 0.717) is 18.8 Å². The molecule has 1 aliphatic rings. The predicted molar refractivity (Wildman–Crippen MR) is 52.0 cm³/mol. The zero-order valence-corrected chi connectivity index (χ0v) is 9.24. The van der Waals surface area contributed by atoms with Crippen LogP contribution in [0.15, 0.2) is 6.20 Å².